The van der Waals surface area contributed by atoms with Crippen LogP contribution in [0, 0.1) is 35.8 Å². The molecule has 3 fully saturated rings. The number of carbonyl (C=O) groups excluding carboxylic acids is 2. The van der Waals surface area contributed by atoms with E-state index in [1.165, 1.54) is 12.1 Å². The Bertz CT molecular complexity index is 1750. The van der Waals surface area contributed by atoms with E-state index < -0.39 is 40.7 Å². The fourth-order valence-electron chi connectivity index (χ4n) is 7.27. The Morgan fingerprint density at radius 2 is 1.82 bits per heavy atom. The molecule has 2 atom stereocenters. The summed E-state index contributed by atoms with van der Waals surface area (Å²) in [6.45, 7) is 11.8. The number of carbonyl (C=O) groups is 2. The van der Waals surface area contributed by atoms with E-state index in [0.29, 0.717) is 51.6 Å². The van der Waals surface area contributed by atoms with Crippen LogP contribution in [0.25, 0.3) is 0 Å². The molecular weight excluding hydrogens is 644 g/mol. The van der Waals surface area contributed by atoms with E-state index in [-0.39, 0.29) is 24.6 Å². The summed E-state index contributed by atoms with van der Waals surface area (Å²) in [7, 11) is 0. The van der Waals surface area contributed by atoms with Crippen molar-refractivity contribution in [1.29, 1.82) is 5.26 Å². The van der Waals surface area contributed by atoms with Gasteiger partial charge in [0.25, 0.3) is 0 Å². The minimum Gasteiger partial charge on any atom is -0.444 e. The fraction of sp³-hybridized carbons (Fsp3) is 0.514. The molecule has 3 aromatic rings. The second-order valence-corrected chi connectivity index (χ2v) is 14.5. The van der Waals surface area contributed by atoms with E-state index in [1.54, 1.807) is 38.1 Å². The van der Waals surface area contributed by atoms with E-state index in [4.69, 9.17) is 9.47 Å². The third-order valence-electron chi connectivity index (χ3n) is 9.96. The number of nitriles is 1. The topological polar surface area (TPSA) is 116 Å². The van der Waals surface area contributed by atoms with Crippen LogP contribution >= 0.6 is 0 Å². The first-order chi connectivity index (χ1) is 23.9. The van der Waals surface area contributed by atoms with E-state index >= 15 is 4.39 Å². The lowest BCUT2D eigenvalue weighted by molar-refractivity contribution is -0.120. The van der Waals surface area contributed by atoms with Gasteiger partial charge in [0.1, 0.15) is 22.8 Å². The number of likely N-dealkylation sites (tertiary alicyclic amines) is 2. The van der Waals surface area contributed by atoms with Crippen molar-refractivity contribution in [3.63, 3.8) is 0 Å². The van der Waals surface area contributed by atoms with Gasteiger partial charge in [0.15, 0.2) is 0 Å². The Kier molecular flexibility index (Phi) is 10.1. The zero-order valence-electron chi connectivity index (χ0n) is 29.1. The largest absolute Gasteiger partial charge is 0.444 e. The second kappa shape index (κ2) is 14.4. The molecule has 3 saturated heterocycles. The quantitative estimate of drug-likeness (QED) is 0.356. The lowest BCUT2D eigenvalue weighted by atomic mass is 9.87. The Morgan fingerprint density at radius 3 is 2.50 bits per heavy atom. The molecule has 11 nitrogen and oxygen atoms in total. The number of ether oxygens (including phenoxy) is 2. The van der Waals surface area contributed by atoms with Crippen LogP contribution in [0.3, 0.4) is 0 Å². The van der Waals surface area contributed by atoms with Gasteiger partial charge in [0.2, 0.25) is 11.9 Å². The number of benzene rings is 2. The Morgan fingerprint density at radius 1 is 1.08 bits per heavy atom. The molecule has 1 N–H and O–H groups in total. The average Bonchev–Trinajstić information content (AvgIpc) is 3.73. The molecule has 0 unspecified atom stereocenters. The normalized spacial score (nSPS) is 21.1. The van der Waals surface area contributed by atoms with Gasteiger partial charge in [0, 0.05) is 69.3 Å². The van der Waals surface area contributed by atoms with Gasteiger partial charge in [0.05, 0.1) is 31.7 Å². The number of rotatable bonds is 7. The maximum atomic E-state index is 15.3. The SMILES string of the molecule is Cc1ccc(Cn2ccnc2NC(=O)[C@@H]2CN(C3(C#N)CCN(C(=O)OC(C)(C)C)CC3)C[C@H]2c2ccc(F)cc2F)c(N2CCOCC2)c1. The van der Waals surface area contributed by atoms with Gasteiger partial charge in [-0.05, 0) is 69.4 Å². The van der Waals surface area contributed by atoms with Gasteiger partial charge in [-0.3, -0.25) is 15.0 Å². The average molecular weight is 690 g/mol. The van der Waals surface area contributed by atoms with Crippen LogP contribution in [0.1, 0.15) is 56.2 Å². The third kappa shape index (κ3) is 7.61. The van der Waals surface area contributed by atoms with Crippen LogP contribution in [0.2, 0.25) is 0 Å². The molecule has 3 aliphatic heterocycles. The molecular formula is C37H45F2N7O4. The summed E-state index contributed by atoms with van der Waals surface area (Å²) in [5.74, 6) is -2.89. The molecule has 13 heteroatoms. The van der Waals surface area contributed by atoms with Crippen molar-refractivity contribution in [3.8, 4) is 6.07 Å². The summed E-state index contributed by atoms with van der Waals surface area (Å²) in [6, 6.07) is 12.2. The lowest BCUT2D eigenvalue weighted by Gasteiger charge is -2.43. The minimum atomic E-state index is -0.984. The number of nitrogens with zero attached hydrogens (tertiary/aromatic N) is 6. The van der Waals surface area contributed by atoms with Gasteiger partial charge in [-0.2, -0.15) is 5.26 Å². The lowest BCUT2D eigenvalue weighted by Crippen LogP contribution is -2.55. The number of aryl methyl sites for hydroxylation is 1. The van der Waals surface area contributed by atoms with E-state index in [2.05, 4.69) is 46.4 Å². The van der Waals surface area contributed by atoms with Crippen molar-refractivity contribution in [1.82, 2.24) is 19.4 Å². The second-order valence-electron chi connectivity index (χ2n) is 14.5. The molecule has 3 aliphatic rings. The molecule has 6 rings (SSSR count). The first-order valence-electron chi connectivity index (χ1n) is 17.2. The number of amides is 2. The molecule has 2 amide bonds. The number of imidazole rings is 1. The monoisotopic (exact) mass is 689 g/mol. The number of hydrogen-bond acceptors (Lipinski definition) is 8. The summed E-state index contributed by atoms with van der Waals surface area (Å²) < 4.78 is 42.3. The molecule has 0 aliphatic carbocycles. The molecule has 4 heterocycles. The number of morpholine rings is 1. The fourth-order valence-corrected chi connectivity index (χ4v) is 7.27. The number of halogens is 2. The summed E-state index contributed by atoms with van der Waals surface area (Å²) in [5.41, 5.74) is 1.90. The van der Waals surface area contributed by atoms with Crippen molar-refractivity contribution in [2.75, 3.05) is 62.7 Å². The molecule has 0 radical (unpaired) electrons. The van der Waals surface area contributed by atoms with Gasteiger partial charge in [-0.15, -0.1) is 0 Å². The highest BCUT2D eigenvalue weighted by Crippen LogP contribution is 2.41. The third-order valence-corrected chi connectivity index (χ3v) is 9.96. The van der Waals surface area contributed by atoms with E-state index in [0.717, 1.165) is 36.0 Å². The number of aromatic nitrogens is 2. The van der Waals surface area contributed by atoms with Crippen LogP contribution < -0.4 is 10.2 Å². The summed E-state index contributed by atoms with van der Waals surface area (Å²) >= 11 is 0. The Balaban J connectivity index is 1.23. The summed E-state index contributed by atoms with van der Waals surface area (Å²) in [6.07, 6.45) is 3.66. The van der Waals surface area contributed by atoms with Crippen molar-refractivity contribution in [3.05, 3.63) is 77.1 Å². The van der Waals surface area contributed by atoms with E-state index in [1.807, 2.05) is 9.47 Å². The van der Waals surface area contributed by atoms with Crippen LogP contribution in [-0.2, 0) is 20.8 Å². The van der Waals surface area contributed by atoms with Crippen molar-refractivity contribution >= 4 is 23.6 Å². The predicted molar refractivity (Wildman–Crippen MR) is 184 cm³/mol. The maximum Gasteiger partial charge on any atom is 0.410 e. The van der Waals surface area contributed by atoms with Gasteiger partial charge < -0.3 is 23.8 Å². The smallest absolute Gasteiger partial charge is 0.410 e. The number of anilines is 2. The minimum absolute atomic E-state index is 0.174. The molecule has 2 aromatic carbocycles. The zero-order valence-corrected chi connectivity index (χ0v) is 29.1. The van der Waals surface area contributed by atoms with Crippen molar-refractivity contribution in [2.24, 2.45) is 5.92 Å². The summed E-state index contributed by atoms with van der Waals surface area (Å²) in [4.78, 5) is 37.2. The van der Waals surface area contributed by atoms with Crippen LogP contribution in [0.4, 0.5) is 25.2 Å². The highest BCUT2D eigenvalue weighted by molar-refractivity contribution is 5.92. The number of nitrogens with one attached hydrogen (secondary N) is 1. The van der Waals surface area contributed by atoms with Gasteiger partial charge in [-0.25, -0.2) is 18.6 Å². The van der Waals surface area contributed by atoms with E-state index in [9.17, 15) is 19.2 Å². The molecule has 266 valence electrons. The standard InChI is InChI=1S/C37H45F2N7O4/c1-25-5-6-26(32(19-25)43-15-17-49-18-16-43)21-45-14-11-41-34(45)42-33(47)30-23-46(22-29(30)28-8-7-27(38)20-31(28)39)37(24-40)9-12-44(13-10-37)35(48)50-36(2,3)4/h5-8,11,14,19-20,29-30H,9-10,12-13,15-18,21-23H2,1-4H3,(H,41,42,47)/t29-,30+/m0/s1. The highest BCUT2D eigenvalue weighted by atomic mass is 19.1. The summed E-state index contributed by atoms with van der Waals surface area (Å²) in [5, 5.41) is 13.5. The highest BCUT2D eigenvalue weighted by Gasteiger charge is 2.50. The van der Waals surface area contributed by atoms with Crippen LogP contribution in [-0.4, -0.2) is 95.0 Å². The molecule has 0 saturated carbocycles. The zero-order chi connectivity index (χ0) is 35.6. The molecule has 0 spiro atoms. The maximum absolute atomic E-state index is 15.3. The van der Waals surface area contributed by atoms with Crippen molar-refractivity contribution < 1.29 is 27.8 Å². The number of piperidine rings is 1. The molecule has 1 aromatic heterocycles. The predicted octanol–water partition coefficient (Wildman–Crippen LogP) is 5.30. The van der Waals surface area contributed by atoms with Gasteiger partial charge in [-0.1, -0.05) is 18.2 Å². The van der Waals surface area contributed by atoms with Crippen LogP contribution in [0.5, 0.6) is 0 Å². The number of hydrogen-bond donors (Lipinski definition) is 1. The van der Waals surface area contributed by atoms with Crippen molar-refractivity contribution in [2.45, 2.75) is 64.1 Å². The molecule has 50 heavy (non-hydrogen) atoms. The first-order valence-corrected chi connectivity index (χ1v) is 17.2. The molecule has 0 bridgehead atoms. The first kappa shape index (κ1) is 35.3. The Hall–Kier alpha value is -4.54. The van der Waals surface area contributed by atoms with Crippen LogP contribution in [0.15, 0.2) is 48.8 Å². The Labute approximate surface area is 291 Å². The van der Waals surface area contributed by atoms with Gasteiger partial charge >= 0.3 is 6.09 Å².